The maximum atomic E-state index is 12.4. The first-order valence-electron chi connectivity index (χ1n) is 7.73. The van der Waals surface area contributed by atoms with Crippen molar-refractivity contribution in [1.82, 2.24) is 0 Å². The molecule has 0 spiro atoms. The zero-order valence-corrected chi connectivity index (χ0v) is 12.5. The highest BCUT2D eigenvalue weighted by Crippen LogP contribution is 2.26. The predicted molar refractivity (Wildman–Crippen MR) is 85.2 cm³/mol. The monoisotopic (exact) mass is 296 g/mol. The van der Waals surface area contributed by atoms with Crippen molar-refractivity contribution in [3.05, 3.63) is 65.2 Å². The normalized spacial score (nSPS) is 15.6. The Hall–Kier alpha value is -2.13. The lowest BCUT2D eigenvalue weighted by Gasteiger charge is -2.22. The summed E-state index contributed by atoms with van der Waals surface area (Å²) in [5, 5.41) is 10.2. The summed E-state index contributed by atoms with van der Waals surface area (Å²) in [7, 11) is 0. The Morgan fingerprint density at radius 3 is 2.50 bits per heavy atom. The van der Waals surface area contributed by atoms with Gasteiger partial charge in [-0.15, -0.1) is 0 Å². The summed E-state index contributed by atoms with van der Waals surface area (Å²) in [5.74, 6) is 0.526. The Labute approximate surface area is 130 Å². The lowest BCUT2D eigenvalue weighted by Crippen LogP contribution is -2.17. The van der Waals surface area contributed by atoms with Crippen molar-refractivity contribution in [3.63, 3.8) is 0 Å². The van der Waals surface area contributed by atoms with Gasteiger partial charge in [0.15, 0.2) is 5.78 Å². The highest BCUT2D eigenvalue weighted by molar-refractivity contribution is 6.10. The standard InChI is InChI=1S/C19H20O3/c20-18-13-15(12-14-8-10-22-11-9-14)6-7-17(18)19(21)16-4-2-1-3-5-16/h1-7,13-14,20H,8-12H2. The predicted octanol–water partition coefficient (Wildman–Crippen LogP) is 3.59. The van der Waals surface area contributed by atoms with Crippen LogP contribution in [0.4, 0.5) is 0 Å². The van der Waals surface area contributed by atoms with Crippen LogP contribution in [0.5, 0.6) is 5.75 Å². The van der Waals surface area contributed by atoms with Crippen LogP contribution in [0, 0.1) is 5.92 Å². The first-order valence-corrected chi connectivity index (χ1v) is 7.73. The number of carbonyl (C=O) groups is 1. The van der Waals surface area contributed by atoms with E-state index in [9.17, 15) is 9.90 Å². The molecule has 0 bridgehead atoms. The number of hydrogen-bond acceptors (Lipinski definition) is 3. The lowest BCUT2D eigenvalue weighted by molar-refractivity contribution is 0.0665. The quantitative estimate of drug-likeness (QED) is 0.877. The molecule has 1 N–H and O–H groups in total. The summed E-state index contributed by atoms with van der Waals surface area (Å²) in [6, 6.07) is 14.5. The van der Waals surface area contributed by atoms with Crippen LogP contribution in [-0.4, -0.2) is 24.1 Å². The Morgan fingerprint density at radius 2 is 1.82 bits per heavy atom. The van der Waals surface area contributed by atoms with E-state index in [1.807, 2.05) is 24.3 Å². The molecule has 0 aliphatic carbocycles. The van der Waals surface area contributed by atoms with Crippen molar-refractivity contribution in [3.8, 4) is 5.75 Å². The number of hydrogen-bond donors (Lipinski definition) is 1. The number of ether oxygens (including phenoxy) is 1. The fourth-order valence-corrected chi connectivity index (χ4v) is 2.93. The van der Waals surface area contributed by atoms with Crippen LogP contribution in [0.15, 0.2) is 48.5 Å². The van der Waals surface area contributed by atoms with Crippen LogP contribution in [-0.2, 0) is 11.2 Å². The van der Waals surface area contributed by atoms with Crippen molar-refractivity contribution < 1.29 is 14.6 Å². The molecule has 3 heteroatoms. The van der Waals surface area contributed by atoms with E-state index in [1.54, 1.807) is 24.3 Å². The van der Waals surface area contributed by atoms with Gasteiger partial charge in [-0.2, -0.15) is 0 Å². The van der Waals surface area contributed by atoms with Gasteiger partial charge < -0.3 is 9.84 Å². The number of ketones is 1. The molecule has 0 unspecified atom stereocenters. The fraction of sp³-hybridized carbons (Fsp3) is 0.316. The Kier molecular flexibility index (Phi) is 4.54. The summed E-state index contributed by atoms with van der Waals surface area (Å²) in [4.78, 5) is 12.4. The average Bonchev–Trinajstić information content (AvgIpc) is 2.56. The first kappa shape index (κ1) is 14.8. The Balaban J connectivity index is 1.76. The smallest absolute Gasteiger partial charge is 0.196 e. The van der Waals surface area contributed by atoms with Gasteiger partial charge in [-0.1, -0.05) is 36.4 Å². The first-order chi connectivity index (χ1) is 10.7. The van der Waals surface area contributed by atoms with Gasteiger partial charge in [-0.25, -0.2) is 0 Å². The highest BCUT2D eigenvalue weighted by Gasteiger charge is 2.17. The van der Waals surface area contributed by atoms with E-state index in [4.69, 9.17) is 4.74 Å². The third-order valence-corrected chi connectivity index (χ3v) is 4.21. The van der Waals surface area contributed by atoms with Gasteiger partial charge in [0.25, 0.3) is 0 Å². The van der Waals surface area contributed by atoms with Crippen LogP contribution in [0.2, 0.25) is 0 Å². The average molecular weight is 296 g/mol. The SMILES string of the molecule is O=C(c1ccccc1)c1ccc(CC2CCOCC2)cc1O. The largest absolute Gasteiger partial charge is 0.507 e. The number of aromatic hydroxyl groups is 1. The van der Waals surface area contributed by atoms with Crippen LogP contribution >= 0.6 is 0 Å². The minimum absolute atomic E-state index is 0.0680. The molecule has 0 saturated carbocycles. The minimum atomic E-state index is -0.143. The van der Waals surface area contributed by atoms with E-state index in [1.165, 1.54) is 0 Å². The Bertz CT molecular complexity index is 643. The van der Waals surface area contributed by atoms with E-state index in [0.29, 0.717) is 17.0 Å². The number of phenolic OH excluding ortho intramolecular Hbond substituents is 1. The third-order valence-electron chi connectivity index (χ3n) is 4.21. The maximum absolute atomic E-state index is 12.4. The molecule has 1 heterocycles. The number of rotatable bonds is 4. The summed E-state index contributed by atoms with van der Waals surface area (Å²) in [6.45, 7) is 1.64. The lowest BCUT2D eigenvalue weighted by atomic mass is 9.91. The number of carbonyl (C=O) groups excluding carboxylic acids is 1. The molecule has 1 saturated heterocycles. The van der Waals surface area contributed by atoms with Crippen molar-refractivity contribution >= 4 is 5.78 Å². The summed E-state index contributed by atoms with van der Waals surface area (Å²) >= 11 is 0. The molecule has 2 aromatic carbocycles. The Morgan fingerprint density at radius 1 is 1.09 bits per heavy atom. The van der Waals surface area contributed by atoms with E-state index in [0.717, 1.165) is 38.0 Å². The second kappa shape index (κ2) is 6.75. The number of phenols is 1. The van der Waals surface area contributed by atoms with Crippen LogP contribution in [0.3, 0.4) is 0 Å². The summed E-state index contributed by atoms with van der Waals surface area (Å²) < 4.78 is 5.37. The molecule has 2 aromatic rings. The molecule has 114 valence electrons. The van der Waals surface area contributed by atoms with Crippen LogP contribution < -0.4 is 0 Å². The van der Waals surface area contributed by atoms with Crippen molar-refractivity contribution in [2.45, 2.75) is 19.3 Å². The topological polar surface area (TPSA) is 46.5 Å². The number of benzene rings is 2. The molecular weight excluding hydrogens is 276 g/mol. The van der Waals surface area contributed by atoms with E-state index in [-0.39, 0.29) is 11.5 Å². The van der Waals surface area contributed by atoms with Gasteiger partial charge in [0.05, 0.1) is 5.56 Å². The minimum Gasteiger partial charge on any atom is -0.507 e. The second-order valence-corrected chi connectivity index (χ2v) is 5.81. The second-order valence-electron chi connectivity index (χ2n) is 5.81. The molecule has 3 nitrogen and oxygen atoms in total. The fourth-order valence-electron chi connectivity index (χ4n) is 2.93. The molecule has 1 aliphatic heterocycles. The molecule has 3 rings (SSSR count). The molecule has 0 atom stereocenters. The summed E-state index contributed by atoms with van der Waals surface area (Å²) in [6.07, 6.45) is 3.05. The summed E-state index contributed by atoms with van der Waals surface area (Å²) in [5.41, 5.74) is 2.03. The van der Waals surface area contributed by atoms with Crippen molar-refractivity contribution in [2.75, 3.05) is 13.2 Å². The molecule has 1 fully saturated rings. The van der Waals surface area contributed by atoms with Gasteiger partial charge >= 0.3 is 0 Å². The van der Waals surface area contributed by atoms with Gasteiger partial charge in [-0.05, 0) is 42.9 Å². The third kappa shape index (κ3) is 3.37. The van der Waals surface area contributed by atoms with Gasteiger partial charge in [0, 0.05) is 18.8 Å². The van der Waals surface area contributed by atoms with E-state index in [2.05, 4.69) is 0 Å². The maximum Gasteiger partial charge on any atom is 0.196 e. The molecule has 22 heavy (non-hydrogen) atoms. The molecule has 0 radical (unpaired) electrons. The van der Waals surface area contributed by atoms with Crippen LogP contribution in [0.25, 0.3) is 0 Å². The van der Waals surface area contributed by atoms with Gasteiger partial charge in [-0.3, -0.25) is 4.79 Å². The van der Waals surface area contributed by atoms with Crippen molar-refractivity contribution in [2.24, 2.45) is 5.92 Å². The highest BCUT2D eigenvalue weighted by atomic mass is 16.5. The van der Waals surface area contributed by atoms with E-state index < -0.39 is 0 Å². The van der Waals surface area contributed by atoms with Crippen LogP contribution in [0.1, 0.15) is 34.3 Å². The van der Waals surface area contributed by atoms with Gasteiger partial charge in [0.1, 0.15) is 5.75 Å². The van der Waals surface area contributed by atoms with Gasteiger partial charge in [0.2, 0.25) is 0 Å². The molecular formula is C19H20O3. The van der Waals surface area contributed by atoms with E-state index >= 15 is 0 Å². The zero-order chi connectivity index (χ0) is 15.4. The zero-order valence-electron chi connectivity index (χ0n) is 12.5. The molecule has 0 aromatic heterocycles. The molecule has 0 amide bonds. The van der Waals surface area contributed by atoms with Crippen molar-refractivity contribution in [1.29, 1.82) is 0 Å². The molecule has 1 aliphatic rings.